The number of hydrogen-bond donors (Lipinski definition) is 1. The van der Waals surface area contributed by atoms with E-state index in [0.717, 1.165) is 4.64 Å². The van der Waals surface area contributed by atoms with Gasteiger partial charge < -0.3 is 4.98 Å². The quantitative estimate of drug-likeness (QED) is 0.704. The molecule has 1 atom stereocenters. The van der Waals surface area contributed by atoms with Crippen LogP contribution in [0.25, 0.3) is 0 Å². The number of aromatic nitrogens is 1. The average Bonchev–Trinajstić information content (AvgIpc) is 2.05. The Bertz CT molecular complexity index is 290. The molecule has 66 valence electrons. The highest BCUT2D eigenvalue weighted by atomic mass is 32.1. The average molecular weight is 181 g/mol. The fourth-order valence-electron chi connectivity index (χ4n) is 1.41. The Morgan fingerprint density at radius 2 is 2.33 bits per heavy atom. The lowest BCUT2D eigenvalue weighted by atomic mass is 9.98. The molecular formula is C10H15NS. The van der Waals surface area contributed by atoms with Crippen molar-refractivity contribution < 1.29 is 0 Å². The molecular weight excluding hydrogens is 166 g/mol. The smallest absolute Gasteiger partial charge is 0.106 e. The molecule has 2 heteroatoms. The zero-order valence-electron chi connectivity index (χ0n) is 7.63. The van der Waals surface area contributed by atoms with Gasteiger partial charge in [-0.15, -0.1) is 0 Å². The number of H-pyrrole nitrogens is 1. The third-order valence-corrected chi connectivity index (χ3v) is 2.45. The molecule has 0 amide bonds. The number of pyridine rings is 1. The van der Waals surface area contributed by atoms with Gasteiger partial charge in [0.05, 0.1) is 0 Å². The Hall–Kier alpha value is -0.630. The van der Waals surface area contributed by atoms with Gasteiger partial charge in [-0.25, -0.2) is 0 Å². The Kier molecular flexibility index (Phi) is 3.48. The minimum Gasteiger partial charge on any atom is -0.353 e. The van der Waals surface area contributed by atoms with Crippen molar-refractivity contribution >= 4 is 12.2 Å². The minimum absolute atomic E-state index is 0.583. The lowest BCUT2D eigenvalue weighted by Gasteiger charge is -2.09. The van der Waals surface area contributed by atoms with Crippen molar-refractivity contribution in [3.63, 3.8) is 0 Å². The summed E-state index contributed by atoms with van der Waals surface area (Å²) < 4.78 is 0.887. The van der Waals surface area contributed by atoms with E-state index >= 15 is 0 Å². The Labute approximate surface area is 78.8 Å². The fourth-order valence-corrected chi connectivity index (χ4v) is 1.75. The van der Waals surface area contributed by atoms with Crippen LogP contribution in [0.1, 0.15) is 38.2 Å². The first-order valence-electron chi connectivity index (χ1n) is 4.43. The maximum absolute atomic E-state index is 5.19. The van der Waals surface area contributed by atoms with Crippen LogP contribution in [-0.4, -0.2) is 4.98 Å². The Balaban J connectivity index is 2.87. The molecule has 0 aliphatic carbocycles. The second-order valence-corrected chi connectivity index (χ2v) is 3.55. The molecule has 0 aromatic carbocycles. The summed E-state index contributed by atoms with van der Waals surface area (Å²) in [5.74, 6) is 0.583. The number of nitrogens with one attached hydrogen (secondary N) is 1. The lowest BCUT2D eigenvalue weighted by Crippen LogP contribution is -1.94. The van der Waals surface area contributed by atoms with E-state index in [9.17, 15) is 0 Å². The molecule has 1 nitrogen and oxygen atoms in total. The summed E-state index contributed by atoms with van der Waals surface area (Å²) in [4.78, 5) is 3.05. The summed E-state index contributed by atoms with van der Waals surface area (Å²) in [6, 6.07) is 4.12. The molecule has 1 rings (SSSR count). The Morgan fingerprint density at radius 1 is 1.58 bits per heavy atom. The van der Waals surface area contributed by atoms with E-state index in [1.165, 1.54) is 18.4 Å². The van der Waals surface area contributed by atoms with Crippen LogP contribution in [0, 0.1) is 4.64 Å². The van der Waals surface area contributed by atoms with E-state index in [0.29, 0.717) is 5.92 Å². The second-order valence-electron chi connectivity index (χ2n) is 3.14. The van der Waals surface area contributed by atoms with Crippen LogP contribution in [0.3, 0.4) is 0 Å². The first kappa shape index (κ1) is 9.46. The predicted octanol–water partition coefficient (Wildman–Crippen LogP) is 3.65. The zero-order chi connectivity index (χ0) is 8.97. The van der Waals surface area contributed by atoms with Gasteiger partial charge in [-0.05, 0) is 24.0 Å². The first-order valence-corrected chi connectivity index (χ1v) is 4.84. The number of rotatable bonds is 3. The minimum atomic E-state index is 0.583. The first-order chi connectivity index (χ1) is 5.75. The van der Waals surface area contributed by atoms with E-state index in [-0.39, 0.29) is 0 Å². The summed E-state index contributed by atoms with van der Waals surface area (Å²) in [5.41, 5.74) is 1.27. The molecule has 1 aromatic heterocycles. The van der Waals surface area contributed by atoms with Gasteiger partial charge in [0.15, 0.2) is 0 Å². The van der Waals surface area contributed by atoms with Gasteiger partial charge in [0.1, 0.15) is 4.64 Å². The van der Waals surface area contributed by atoms with Crippen LogP contribution in [0.2, 0.25) is 0 Å². The molecule has 0 aliphatic rings. The zero-order valence-corrected chi connectivity index (χ0v) is 8.45. The molecule has 1 aromatic rings. The second kappa shape index (κ2) is 4.41. The highest BCUT2D eigenvalue weighted by Gasteiger charge is 2.04. The van der Waals surface area contributed by atoms with Gasteiger partial charge in [-0.2, -0.15) is 0 Å². The van der Waals surface area contributed by atoms with E-state index < -0.39 is 0 Å². The van der Waals surface area contributed by atoms with Gasteiger partial charge in [0.25, 0.3) is 0 Å². The largest absolute Gasteiger partial charge is 0.353 e. The maximum atomic E-state index is 5.19. The van der Waals surface area contributed by atoms with Gasteiger partial charge >= 0.3 is 0 Å². The maximum Gasteiger partial charge on any atom is 0.106 e. The lowest BCUT2D eigenvalue weighted by molar-refractivity contribution is 0.660. The molecule has 0 saturated carbocycles. The molecule has 1 N–H and O–H groups in total. The molecule has 0 radical (unpaired) electrons. The van der Waals surface area contributed by atoms with E-state index in [4.69, 9.17) is 12.2 Å². The van der Waals surface area contributed by atoms with Crippen molar-refractivity contribution in [3.8, 4) is 0 Å². The highest BCUT2D eigenvalue weighted by molar-refractivity contribution is 7.71. The van der Waals surface area contributed by atoms with Crippen molar-refractivity contribution in [2.24, 2.45) is 0 Å². The van der Waals surface area contributed by atoms with Crippen molar-refractivity contribution in [3.05, 3.63) is 28.5 Å². The monoisotopic (exact) mass is 181 g/mol. The van der Waals surface area contributed by atoms with Crippen LogP contribution in [-0.2, 0) is 0 Å². The van der Waals surface area contributed by atoms with Gasteiger partial charge in [0, 0.05) is 6.20 Å². The molecule has 1 heterocycles. The number of hydrogen-bond acceptors (Lipinski definition) is 1. The van der Waals surface area contributed by atoms with E-state index in [1.807, 2.05) is 12.3 Å². The highest BCUT2D eigenvalue weighted by Crippen LogP contribution is 2.19. The van der Waals surface area contributed by atoms with Crippen LogP contribution in [0.5, 0.6) is 0 Å². The molecule has 0 saturated heterocycles. The predicted molar refractivity (Wildman–Crippen MR) is 54.9 cm³/mol. The van der Waals surface area contributed by atoms with Gasteiger partial charge in [-0.3, -0.25) is 0 Å². The summed E-state index contributed by atoms with van der Waals surface area (Å²) >= 11 is 5.19. The van der Waals surface area contributed by atoms with Crippen LogP contribution < -0.4 is 0 Å². The van der Waals surface area contributed by atoms with Crippen molar-refractivity contribution in [2.75, 3.05) is 0 Å². The molecule has 0 aliphatic heterocycles. The summed E-state index contributed by atoms with van der Waals surface area (Å²) in [6.07, 6.45) is 4.30. The van der Waals surface area contributed by atoms with Crippen molar-refractivity contribution in [1.29, 1.82) is 0 Å². The SMILES string of the molecule is CCCC(C)c1ccc[nH]c1=S. The van der Waals surface area contributed by atoms with Gasteiger partial charge in [0.2, 0.25) is 0 Å². The summed E-state index contributed by atoms with van der Waals surface area (Å²) in [7, 11) is 0. The van der Waals surface area contributed by atoms with E-state index in [1.54, 1.807) is 0 Å². The number of aromatic amines is 1. The molecule has 1 unspecified atom stereocenters. The normalized spacial score (nSPS) is 12.8. The topological polar surface area (TPSA) is 15.8 Å². The van der Waals surface area contributed by atoms with Crippen LogP contribution in [0.15, 0.2) is 18.3 Å². The summed E-state index contributed by atoms with van der Waals surface area (Å²) in [6.45, 7) is 4.43. The Morgan fingerprint density at radius 3 is 2.92 bits per heavy atom. The fraction of sp³-hybridized carbons (Fsp3) is 0.500. The van der Waals surface area contributed by atoms with Gasteiger partial charge in [-0.1, -0.05) is 38.6 Å². The third kappa shape index (κ3) is 2.18. The molecule has 0 spiro atoms. The van der Waals surface area contributed by atoms with E-state index in [2.05, 4.69) is 24.9 Å². The molecule has 0 bridgehead atoms. The third-order valence-electron chi connectivity index (χ3n) is 2.10. The summed E-state index contributed by atoms with van der Waals surface area (Å²) in [5, 5.41) is 0. The standard InChI is InChI=1S/C10H15NS/c1-3-5-8(2)9-6-4-7-11-10(9)12/h4,6-8H,3,5H2,1-2H3,(H,11,12). The molecule has 0 fully saturated rings. The van der Waals surface area contributed by atoms with Crippen molar-refractivity contribution in [2.45, 2.75) is 32.6 Å². The van der Waals surface area contributed by atoms with Crippen molar-refractivity contribution in [1.82, 2.24) is 4.98 Å². The molecule has 12 heavy (non-hydrogen) atoms. The van der Waals surface area contributed by atoms with Crippen LogP contribution >= 0.6 is 12.2 Å². The van der Waals surface area contributed by atoms with Crippen LogP contribution in [0.4, 0.5) is 0 Å².